The van der Waals surface area contributed by atoms with Gasteiger partial charge in [-0.2, -0.15) is 12.6 Å². The number of rotatable bonds is 3. The minimum atomic E-state index is -3.85. The molecule has 0 bridgehead atoms. The van der Waals surface area contributed by atoms with E-state index in [9.17, 15) is 12.6 Å². The van der Waals surface area contributed by atoms with E-state index >= 15 is 0 Å². The number of hydrogen-bond acceptors (Lipinski definition) is 4. The van der Waals surface area contributed by atoms with Crippen LogP contribution in [0, 0.1) is 0 Å². The van der Waals surface area contributed by atoms with Crippen LogP contribution in [0.3, 0.4) is 0 Å². The third kappa shape index (κ3) is 3.25. The SMILES string of the molecule is CC(C)S(=O)(=O)OS(=O)O. The summed E-state index contributed by atoms with van der Waals surface area (Å²) in [6, 6.07) is 0. The lowest BCUT2D eigenvalue weighted by Crippen LogP contribution is -2.17. The molecule has 0 heterocycles. The highest BCUT2D eigenvalue weighted by Gasteiger charge is 2.19. The first-order valence-corrected chi connectivity index (χ1v) is 4.91. The van der Waals surface area contributed by atoms with E-state index in [1.54, 1.807) is 0 Å². The van der Waals surface area contributed by atoms with Crippen molar-refractivity contribution in [3.63, 3.8) is 0 Å². The van der Waals surface area contributed by atoms with Crippen LogP contribution in [0.4, 0.5) is 0 Å². The van der Waals surface area contributed by atoms with Crippen LogP contribution < -0.4 is 0 Å². The Bertz CT molecular complexity index is 215. The molecular weight excluding hydrogens is 180 g/mol. The molecule has 0 amide bonds. The fourth-order valence-electron chi connectivity index (χ4n) is 0.160. The Balaban J connectivity index is 4.31. The molecule has 0 saturated heterocycles. The average molecular weight is 188 g/mol. The quantitative estimate of drug-likeness (QED) is 0.624. The van der Waals surface area contributed by atoms with Crippen LogP contribution in [0.2, 0.25) is 0 Å². The maximum absolute atomic E-state index is 10.6. The summed E-state index contributed by atoms with van der Waals surface area (Å²) < 4.78 is 42.7. The zero-order chi connectivity index (χ0) is 8.36. The third-order valence-corrected chi connectivity index (χ3v) is 3.11. The minimum Gasteiger partial charge on any atom is -0.283 e. The molecule has 0 saturated carbocycles. The summed E-state index contributed by atoms with van der Waals surface area (Å²) in [7, 11) is -3.85. The highest BCUT2D eigenvalue weighted by molar-refractivity contribution is 7.95. The molecule has 0 aromatic heterocycles. The van der Waals surface area contributed by atoms with E-state index in [0.29, 0.717) is 0 Å². The van der Waals surface area contributed by atoms with E-state index in [0.717, 1.165) is 0 Å². The summed E-state index contributed by atoms with van der Waals surface area (Å²) in [4.78, 5) is 0. The second kappa shape index (κ2) is 3.42. The molecule has 0 aliphatic heterocycles. The van der Waals surface area contributed by atoms with Crippen molar-refractivity contribution in [3.8, 4) is 0 Å². The molecule has 0 aliphatic carbocycles. The van der Waals surface area contributed by atoms with Crippen molar-refractivity contribution < 1.29 is 20.8 Å². The van der Waals surface area contributed by atoms with E-state index in [4.69, 9.17) is 4.55 Å². The lowest BCUT2D eigenvalue weighted by Gasteiger charge is -2.02. The summed E-state index contributed by atoms with van der Waals surface area (Å²) in [6.07, 6.45) is 0. The largest absolute Gasteiger partial charge is 0.317 e. The molecular formula is C3H8O5S2. The maximum atomic E-state index is 10.6. The van der Waals surface area contributed by atoms with Crippen molar-refractivity contribution in [2.45, 2.75) is 19.1 Å². The van der Waals surface area contributed by atoms with Crippen molar-refractivity contribution in [2.24, 2.45) is 0 Å². The van der Waals surface area contributed by atoms with Gasteiger partial charge in [0.25, 0.3) is 10.1 Å². The van der Waals surface area contributed by atoms with E-state index < -0.39 is 26.7 Å². The molecule has 0 aliphatic rings. The molecule has 0 aromatic rings. The summed E-state index contributed by atoms with van der Waals surface area (Å²) in [5.74, 6) is 0. The van der Waals surface area contributed by atoms with Crippen LogP contribution in [0.1, 0.15) is 13.8 Å². The maximum Gasteiger partial charge on any atom is 0.317 e. The van der Waals surface area contributed by atoms with E-state index in [-0.39, 0.29) is 0 Å². The first kappa shape index (κ1) is 10.0. The predicted octanol–water partition coefficient (Wildman–Crippen LogP) is -0.122. The molecule has 10 heavy (non-hydrogen) atoms. The smallest absolute Gasteiger partial charge is 0.283 e. The molecule has 62 valence electrons. The van der Waals surface area contributed by atoms with Crippen molar-refractivity contribution in [2.75, 3.05) is 0 Å². The van der Waals surface area contributed by atoms with Gasteiger partial charge in [-0.25, -0.2) is 0 Å². The van der Waals surface area contributed by atoms with E-state index in [1.807, 2.05) is 0 Å². The molecule has 1 N–H and O–H groups in total. The second-order valence-corrected chi connectivity index (χ2v) is 4.73. The monoisotopic (exact) mass is 188 g/mol. The van der Waals surface area contributed by atoms with Gasteiger partial charge in [-0.15, -0.1) is 3.63 Å². The predicted molar refractivity (Wildman–Crippen MR) is 35.9 cm³/mol. The Morgan fingerprint density at radius 1 is 1.50 bits per heavy atom. The summed E-state index contributed by atoms with van der Waals surface area (Å²) in [5.41, 5.74) is 0. The van der Waals surface area contributed by atoms with Gasteiger partial charge in [-0.05, 0) is 13.8 Å². The zero-order valence-corrected chi connectivity index (χ0v) is 7.11. The molecule has 1 atom stereocenters. The molecule has 0 rings (SSSR count). The Morgan fingerprint density at radius 2 is 1.90 bits per heavy atom. The second-order valence-electron chi connectivity index (χ2n) is 1.83. The lowest BCUT2D eigenvalue weighted by atomic mass is 10.6. The van der Waals surface area contributed by atoms with Crippen LogP contribution >= 0.6 is 0 Å². The Hall–Kier alpha value is 0.0200. The third-order valence-electron chi connectivity index (χ3n) is 0.730. The normalized spacial score (nSPS) is 15.6. The first-order valence-electron chi connectivity index (χ1n) is 2.41. The summed E-state index contributed by atoms with van der Waals surface area (Å²) >= 11 is -2.74. The highest BCUT2D eigenvalue weighted by atomic mass is 32.3. The Labute approximate surface area is 62.0 Å². The van der Waals surface area contributed by atoms with Gasteiger partial charge in [0.15, 0.2) is 0 Å². The van der Waals surface area contributed by atoms with E-state index in [1.165, 1.54) is 13.8 Å². The zero-order valence-electron chi connectivity index (χ0n) is 5.47. The van der Waals surface area contributed by atoms with Gasteiger partial charge in [0.2, 0.25) is 0 Å². The topological polar surface area (TPSA) is 80.7 Å². The van der Waals surface area contributed by atoms with Gasteiger partial charge in [-0.1, -0.05) is 0 Å². The minimum absolute atomic E-state index is 0.802. The van der Waals surface area contributed by atoms with Crippen LogP contribution in [-0.2, 0) is 25.1 Å². The molecule has 1 unspecified atom stereocenters. The fourth-order valence-corrected chi connectivity index (χ4v) is 1.44. The van der Waals surface area contributed by atoms with Crippen LogP contribution in [0.5, 0.6) is 0 Å². The highest BCUT2D eigenvalue weighted by Crippen LogP contribution is 2.02. The Morgan fingerprint density at radius 3 is 2.00 bits per heavy atom. The molecule has 0 aromatic carbocycles. The summed E-state index contributed by atoms with van der Waals surface area (Å²) in [6.45, 7) is 2.70. The average Bonchev–Trinajstić information content (AvgIpc) is 1.60. The van der Waals surface area contributed by atoms with Gasteiger partial charge in [0.1, 0.15) is 0 Å². The van der Waals surface area contributed by atoms with Gasteiger partial charge in [-0.3, -0.25) is 4.55 Å². The number of hydrogen-bond donors (Lipinski definition) is 1. The molecule has 7 heteroatoms. The molecule has 0 fully saturated rings. The molecule has 0 radical (unpaired) electrons. The fraction of sp³-hybridized carbons (Fsp3) is 1.00. The molecule has 0 spiro atoms. The summed E-state index contributed by atoms with van der Waals surface area (Å²) in [5, 5.41) is -0.802. The van der Waals surface area contributed by atoms with Crippen molar-refractivity contribution in [1.82, 2.24) is 0 Å². The lowest BCUT2D eigenvalue weighted by molar-refractivity contribution is 0.437. The first-order chi connectivity index (χ1) is 4.36. The van der Waals surface area contributed by atoms with Crippen LogP contribution in [-0.4, -0.2) is 22.4 Å². The van der Waals surface area contributed by atoms with Crippen molar-refractivity contribution in [1.29, 1.82) is 0 Å². The standard InChI is InChI=1S/C3H8O5S2/c1-3(2)10(6,7)8-9(4)5/h3H,1-2H3,(H,4,5). The van der Waals surface area contributed by atoms with Crippen molar-refractivity contribution >= 4 is 21.5 Å². The van der Waals surface area contributed by atoms with Gasteiger partial charge < -0.3 is 0 Å². The van der Waals surface area contributed by atoms with Crippen LogP contribution in [0.15, 0.2) is 0 Å². The van der Waals surface area contributed by atoms with Crippen molar-refractivity contribution in [3.05, 3.63) is 0 Å². The Kier molecular flexibility index (Phi) is 3.43. The van der Waals surface area contributed by atoms with E-state index in [2.05, 4.69) is 3.63 Å². The van der Waals surface area contributed by atoms with Gasteiger partial charge >= 0.3 is 11.4 Å². The van der Waals surface area contributed by atoms with Gasteiger partial charge in [0.05, 0.1) is 5.25 Å². The van der Waals surface area contributed by atoms with Crippen LogP contribution in [0.25, 0.3) is 0 Å². The van der Waals surface area contributed by atoms with Gasteiger partial charge in [0, 0.05) is 0 Å². The molecule has 5 nitrogen and oxygen atoms in total.